The summed E-state index contributed by atoms with van der Waals surface area (Å²) in [5.74, 6) is -0.487. The lowest BCUT2D eigenvalue weighted by Gasteiger charge is -2.32. The fourth-order valence-corrected chi connectivity index (χ4v) is 3.98. The van der Waals surface area contributed by atoms with Gasteiger partial charge >= 0.3 is 5.97 Å². The maximum atomic E-state index is 10.8. The summed E-state index contributed by atoms with van der Waals surface area (Å²) >= 11 is 12.3. The highest BCUT2D eigenvalue weighted by molar-refractivity contribution is 6.42. The zero-order valence-electron chi connectivity index (χ0n) is 14.1. The first-order valence-corrected chi connectivity index (χ1v) is 9.22. The summed E-state index contributed by atoms with van der Waals surface area (Å²) in [7, 11) is 1.97. The molecule has 0 aliphatic heterocycles. The molecule has 0 amide bonds. The van der Waals surface area contributed by atoms with Gasteiger partial charge in [0.1, 0.15) is 0 Å². The van der Waals surface area contributed by atoms with Crippen LogP contribution in [0.15, 0.2) is 36.4 Å². The molecule has 0 saturated heterocycles. The molecule has 2 atom stereocenters. The number of fused-ring (bicyclic) bond motifs is 1. The predicted molar refractivity (Wildman–Crippen MR) is 102 cm³/mol. The summed E-state index contributed by atoms with van der Waals surface area (Å²) in [6.07, 6.45) is 2.76. The van der Waals surface area contributed by atoms with Crippen molar-refractivity contribution in [2.45, 2.75) is 37.6 Å². The van der Waals surface area contributed by atoms with E-state index >= 15 is 0 Å². The Bertz CT molecular complexity index is 791. The molecule has 0 saturated carbocycles. The number of carboxylic acid groups (broad SMARTS) is 1. The molecular formula is C20H21Cl2NO2. The molecule has 2 aromatic rings. The summed E-state index contributed by atoms with van der Waals surface area (Å²) < 4.78 is 0. The van der Waals surface area contributed by atoms with Gasteiger partial charge in [0.05, 0.1) is 10.0 Å². The maximum Gasteiger partial charge on any atom is 0.303 e. The maximum absolute atomic E-state index is 10.8. The highest BCUT2D eigenvalue weighted by Crippen LogP contribution is 2.42. The van der Waals surface area contributed by atoms with Gasteiger partial charge in [0.25, 0.3) is 0 Å². The van der Waals surface area contributed by atoms with E-state index in [2.05, 4.69) is 17.4 Å². The van der Waals surface area contributed by atoms with Gasteiger partial charge in [-0.2, -0.15) is 0 Å². The number of aryl methyl sites for hydroxylation is 1. The normalized spacial score (nSPS) is 19.5. The van der Waals surface area contributed by atoms with Crippen molar-refractivity contribution in [1.29, 1.82) is 0 Å². The number of hydrogen-bond acceptors (Lipinski definition) is 2. The van der Waals surface area contributed by atoms with Crippen molar-refractivity contribution >= 4 is 29.2 Å². The molecule has 1 unspecified atom stereocenters. The Morgan fingerprint density at radius 1 is 1.12 bits per heavy atom. The second-order valence-corrected chi connectivity index (χ2v) is 7.32. The molecule has 1 aliphatic carbocycles. The third-order valence-electron chi connectivity index (χ3n) is 4.97. The monoisotopic (exact) mass is 377 g/mol. The molecule has 0 spiro atoms. The van der Waals surface area contributed by atoms with Crippen molar-refractivity contribution in [3.8, 4) is 0 Å². The average Bonchev–Trinajstić information content (AvgIpc) is 2.61. The first-order valence-electron chi connectivity index (χ1n) is 8.46. The largest absolute Gasteiger partial charge is 0.481 e. The van der Waals surface area contributed by atoms with Gasteiger partial charge in [-0.15, -0.1) is 0 Å². The predicted octanol–water partition coefficient (Wildman–Crippen LogP) is 5.20. The Kier molecular flexibility index (Phi) is 5.67. The standard InChI is InChI=1S/C20H21Cl2NO2/c1-23-19-8-6-14(13-4-7-17(21)18(22)11-13)15-5-2-12(10-16(15)19)3-9-20(24)25/h2,4-5,7,10-11,14,19,23H,3,6,8-9H2,1H3,(H,24,25)/t14?,19-/m0/s1. The van der Waals surface area contributed by atoms with Gasteiger partial charge < -0.3 is 10.4 Å². The number of aliphatic carboxylic acids is 1. The van der Waals surface area contributed by atoms with E-state index in [0.717, 1.165) is 18.4 Å². The van der Waals surface area contributed by atoms with Gasteiger partial charge in [0.2, 0.25) is 0 Å². The van der Waals surface area contributed by atoms with Crippen molar-refractivity contribution in [3.05, 3.63) is 68.7 Å². The van der Waals surface area contributed by atoms with Crippen LogP contribution in [0.3, 0.4) is 0 Å². The van der Waals surface area contributed by atoms with Gasteiger partial charge in [0, 0.05) is 18.4 Å². The van der Waals surface area contributed by atoms with Crippen LogP contribution in [0, 0.1) is 0 Å². The Labute approximate surface area is 158 Å². The molecule has 0 bridgehead atoms. The van der Waals surface area contributed by atoms with Crippen LogP contribution in [0.1, 0.15) is 53.5 Å². The van der Waals surface area contributed by atoms with Crippen LogP contribution in [0.25, 0.3) is 0 Å². The molecular weight excluding hydrogens is 357 g/mol. The van der Waals surface area contributed by atoms with Gasteiger partial charge in [0.15, 0.2) is 0 Å². The lowest BCUT2D eigenvalue weighted by atomic mass is 9.76. The molecule has 5 heteroatoms. The second kappa shape index (κ2) is 7.77. The van der Waals surface area contributed by atoms with Crippen LogP contribution in [0.2, 0.25) is 10.0 Å². The van der Waals surface area contributed by atoms with E-state index in [4.69, 9.17) is 28.3 Å². The van der Waals surface area contributed by atoms with Crippen molar-refractivity contribution < 1.29 is 9.90 Å². The molecule has 0 aromatic heterocycles. The van der Waals surface area contributed by atoms with Crippen molar-refractivity contribution in [2.24, 2.45) is 0 Å². The minimum atomic E-state index is -0.767. The van der Waals surface area contributed by atoms with E-state index in [1.807, 2.05) is 31.3 Å². The van der Waals surface area contributed by atoms with Crippen molar-refractivity contribution in [3.63, 3.8) is 0 Å². The topological polar surface area (TPSA) is 49.3 Å². The number of carbonyl (C=O) groups is 1. The Hall–Kier alpha value is -1.55. The molecule has 3 nitrogen and oxygen atoms in total. The third kappa shape index (κ3) is 4.00. The minimum absolute atomic E-state index is 0.152. The highest BCUT2D eigenvalue weighted by Gasteiger charge is 2.28. The summed E-state index contributed by atoms with van der Waals surface area (Å²) in [5, 5.41) is 13.4. The van der Waals surface area contributed by atoms with E-state index in [-0.39, 0.29) is 12.3 Å². The van der Waals surface area contributed by atoms with E-state index in [1.165, 1.54) is 16.7 Å². The smallest absolute Gasteiger partial charge is 0.303 e. The summed E-state index contributed by atoms with van der Waals surface area (Å²) in [6.45, 7) is 0. The van der Waals surface area contributed by atoms with E-state index < -0.39 is 5.97 Å². The van der Waals surface area contributed by atoms with Gasteiger partial charge in [-0.25, -0.2) is 0 Å². The van der Waals surface area contributed by atoms with Crippen LogP contribution in [-0.4, -0.2) is 18.1 Å². The quantitative estimate of drug-likeness (QED) is 0.752. The zero-order chi connectivity index (χ0) is 18.0. The lowest BCUT2D eigenvalue weighted by molar-refractivity contribution is -0.136. The molecule has 132 valence electrons. The summed E-state index contributed by atoms with van der Waals surface area (Å²) in [5.41, 5.74) is 4.77. The second-order valence-electron chi connectivity index (χ2n) is 6.50. The summed E-state index contributed by atoms with van der Waals surface area (Å²) in [6, 6.07) is 12.5. The first kappa shape index (κ1) is 18.2. The minimum Gasteiger partial charge on any atom is -0.481 e. The zero-order valence-corrected chi connectivity index (χ0v) is 15.6. The van der Waals surface area contributed by atoms with Crippen LogP contribution in [0.5, 0.6) is 0 Å². The van der Waals surface area contributed by atoms with Crippen LogP contribution in [-0.2, 0) is 11.2 Å². The number of rotatable bonds is 5. The molecule has 0 fully saturated rings. The fraction of sp³-hybridized carbons (Fsp3) is 0.350. The SMILES string of the molecule is CN[C@H]1CCC(c2ccc(Cl)c(Cl)c2)c2ccc(CCC(=O)O)cc21. The molecule has 25 heavy (non-hydrogen) atoms. The summed E-state index contributed by atoms with van der Waals surface area (Å²) in [4.78, 5) is 10.8. The molecule has 0 radical (unpaired) electrons. The van der Waals surface area contributed by atoms with E-state index in [9.17, 15) is 4.79 Å². The van der Waals surface area contributed by atoms with Gasteiger partial charge in [-0.1, -0.05) is 47.5 Å². The average molecular weight is 378 g/mol. The fourth-order valence-electron chi connectivity index (χ4n) is 3.67. The molecule has 0 heterocycles. The molecule has 2 N–H and O–H groups in total. The Morgan fingerprint density at radius 3 is 2.60 bits per heavy atom. The number of halogens is 2. The Morgan fingerprint density at radius 2 is 1.92 bits per heavy atom. The third-order valence-corrected chi connectivity index (χ3v) is 5.71. The number of carboxylic acids is 1. The Balaban J connectivity index is 1.97. The van der Waals surface area contributed by atoms with E-state index in [0.29, 0.717) is 22.5 Å². The lowest BCUT2D eigenvalue weighted by Crippen LogP contribution is -2.24. The van der Waals surface area contributed by atoms with Crippen LogP contribution >= 0.6 is 23.2 Å². The van der Waals surface area contributed by atoms with Crippen LogP contribution in [0.4, 0.5) is 0 Å². The van der Waals surface area contributed by atoms with Gasteiger partial charge in [-0.05, 0) is 60.7 Å². The van der Waals surface area contributed by atoms with Crippen molar-refractivity contribution in [2.75, 3.05) is 7.05 Å². The molecule has 2 aromatic carbocycles. The molecule has 1 aliphatic rings. The number of nitrogens with one attached hydrogen (secondary N) is 1. The number of benzene rings is 2. The number of hydrogen-bond donors (Lipinski definition) is 2. The van der Waals surface area contributed by atoms with Crippen LogP contribution < -0.4 is 5.32 Å². The molecule has 3 rings (SSSR count). The van der Waals surface area contributed by atoms with Gasteiger partial charge in [-0.3, -0.25) is 4.79 Å². The van der Waals surface area contributed by atoms with E-state index in [1.54, 1.807) is 0 Å². The highest BCUT2D eigenvalue weighted by atomic mass is 35.5. The van der Waals surface area contributed by atoms with Crippen molar-refractivity contribution in [1.82, 2.24) is 5.32 Å². The first-order chi connectivity index (χ1) is 12.0.